The SMILES string of the molecule is CN1C(=O)[C@H](c2ccc(C(F)(F)F)cn2)[C@@](C)(c2ccc(-c3cccc(C#N)c3)s2)N=C1N. The maximum atomic E-state index is 13.2. The van der Waals surface area contributed by atoms with Gasteiger partial charge in [-0.15, -0.1) is 11.3 Å². The van der Waals surface area contributed by atoms with Gasteiger partial charge >= 0.3 is 6.18 Å². The summed E-state index contributed by atoms with van der Waals surface area (Å²) in [5.74, 6) is -1.39. The number of guanidine groups is 1. The van der Waals surface area contributed by atoms with E-state index in [0.717, 1.165) is 22.7 Å². The molecule has 1 aliphatic rings. The van der Waals surface area contributed by atoms with Gasteiger partial charge in [0.1, 0.15) is 11.5 Å². The molecule has 0 saturated heterocycles. The summed E-state index contributed by atoms with van der Waals surface area (Å²) in [5.41, 5.74) is 5.44. The van der Waals surface area contributed by atoms with Crippen LogP contribution < -0.4 is 5.73 Å². The van der Waals surface area contributed by atoms with Crippen LogP contribution in [0.3, 0.4) is 0 Å². The molecule has 0 unspecified atom stereocenters. The Labute approximate surface area is 191 Å². The maximum Gasteiger partial charge on any atom is 0.417 e. The zero-order chi connectivity index (χ0) is 24.0. The third-order valence-electron chi connectivity index (χ3n) is 5.62. The number of aliphatic imine (C=N–C) groups is 1. The average molecular weight is 469 g/mol. The Morgan fingerprint density at radius 2 is 1.97 bits per heavy atom. The topological polar surface area (TPSA) is 95.4 Å². The van der Waals surface area contributed by atoms with Gasteiger partial charge in [-0.05, 0) is 48.9 Å². The summed E-state index contributed by atoms with van der Waals surface area (Å²) >= 11 is 1.37. The molecule has 2 aromatic heterocycles. The number of alkyl halides is 3. The molecule has 0 saturated carbocycles. The van der Waals surface area contributed by atoms with E-state index in [2.05, 4.69) is 16.0 Å². The number of carbonyl (C=O) groups excluding carboxylic acids is 1. The zero-order valence-corrected chi connectivity index (χ0v) is 18.4. The Balaban J connectivity index is 1.81. The normalized spacial score (nSPS) is 21.0. The summed E-state index contributed by atoms with van der Waals surface area (Å²) in [6, 6.07) is 15.0. The molecule has 0 aliphatic carbocycles. The predicted molar refractivity (Wildman–Crippen MR) is 118 cm³/mol. The molecule has 1 aromatic carbocycles. The second kappa shape index (κ2) is 8.01. The Morgan fingerprint density at radius 1 is 1.21 bits per heavy atom. The first-order chi connectivity index (χ1) is 15.5. The fourth-order valence-electron chi connectivity index (χ4n) is 3.79. The number of halogens is 3. The monoisotopic (exact) mass is 469 g/mol. The number of nitrogens with two attached hydrogens (primary N) is 1. The van der Waals surface area contributed by atoms with Gasteiger partial charge in [0.15, 0.2) is 5.96 Å². The van der Waals surface area contributed by atoms with Crippen LogP contribution in [0.15, 0.2) is 59.7 Å². The minimum atomic E-state index is -4.54. The number of nitriles is 1. The van der Waals surface area contributed by atoms with Gasteiger partial charge in [-0.3, -0.25) is 14.7 Å². The van der Waals surface area contributed by atoms with Crippen molar-refractivity contribution >= 4 is 23.2 Å². The van der Waals surface area contributed by atoms with Crippen molar-refractivity contribution in [1.82, 2.24) is 9.88 Å². The molecule has 4 rings (SSSR count). The number of pyridine rings is 1. The molecule has 0 radical (unpaired) electrons. The fraction of sp³-hybridized carbons (Fsp3) is 0.217. The molecule has 1 amide bonds. The molecular formula is C23H18F3N5OS. The summed E-state index contributed by atoms with van der Waals surface area (Å²) in [6.07, 6.45) is -3.82. The molecule has 2 N–H and O–H groups in total. The zero-order valence-electron chi connectivity index (χ0n) is 17.6. The van der Waals surface area contributed by atoms with Crippen LogP contribution in [0, 0.1) is 11.3 Å². The minimum Gasteiger partial charge on any atom is -0.369 e. The lowest BCUT2D eigenvalue weighted by Crippen LogP contribution is -2.52. The molecule has 2 atom stereocenters. The number of benzene rings is 1. The number of hydrogen-bond donors (Lipinski definition) is 1. The van der Waals surface area contributed by atoms with Crippen LogP contribution in [0.4, 0.5) is 13.2 Å². The van der Waals surface area contributed by atoms with Gasteiger partial charge in [0, 0.05) is 23.0 Å². The highest BCUT2D eigenvalue weighted by Crippen LogP contribution is 2.47. The van der Waals surface area contributed by atoms with Crippen molar-refractivity contribution in [3.63, 3.8) is 0 Å². The number of nitrogens with zero attached hydrogens (tertiary/aromatic N) is 4. The van der Waals surface area contributed by atoms with E-state index >= 15 is 0 Å². The highest BCUT2D eigenvalue weighted by Gasteiger charge is 2.49. The Morgan fingerprint density at radius 3 is 2.61 bits per heavy atom. The van der Waals surface area contributed by atoms with E-state index in [1.165, 1.54) is 29.4 Å². The molecule has 0 fully saturated rings. The van der Waals surface area contributed by atoms with Gasteiger partial charge in [0.05, 0.1) is 22.9 Å². The van der Waals surface area contributed by atoms with E-state index in [9.17, 15) is 23.2 Å². The molecule has 1 aliphatic heterocycles. The van der Waals surface area contributed by atoms with Crippen molar-refractivity contribution < 1.29 is 18.0 Å². The van der Waals surface area contributed by atoms with Crippen molar-refractivity contribution in [3.8, 4) is 16.5 Å². The minimum absolute atomic E-state index is 0.00656. The largest absolute Gasteiger partial charge is 0.417 e. The lowest BCUT2D eigenvalue weighted by atomic mass is 9.80. The highest BCUT2D eigenvalue weighted by molar-refractivity contribution is 7.15. The Kier molecular flexibility index (Phi) is 5.46. The number of aromatic nitrogens is 1. The van der Waals surface area contributed by atoms with Crippen molar-refractivity contribution in [1.29, 1.82) is 5.26 Å². The fourth-order valence-corrected chi connectivity index (χ4v) is 4.91. The summed E-state index contributed by atoms with van der Waals surface area (Å²) in [5, 5.41) is 9.18. The van der Waals surface area contributed by atoms with E-state index in [0.29, 0.717) is 10.4 Å². The van der Waals surface area contributed by atoms with E-state index < -0.39 is 29.1 Å². The van der Waals surface area contributed by atoms with Gasteiger partial charge in [-0.25, -0.2) is 4.99 Å². The van der Waals surface area contributed by atoms with Crippen LogP contribution in [-0.4, -0.2) is 28.8 Å². The van der Waals surface area contributed by atoms with E-state index in [1.54, 1.807) is 25.1 Å². The van der Waals surface area contributed by atoms with Crippen LogP contribution in [0.1, 0.15) is 34.5 Å². The summed E-state index contributed by atoms with van der Waals surface area (Å²) < 4.78 is 39.0. The third-order valence-corrected chi connectivity index (χ3v) is 6.98. The molecule has 0 spiro atoms. The standard InChI is InChI=1S/C23H18F3N5OS/c1-22(18-9-8-17(33-18)14-5-3-4-13(10-14)11-27)19(20(32)31(2)21(28)30-22)16-7-6-15(12-29-16)23(24,25)26/h3-10,12,19H,1-2H3,(H2,28,30)/t19-,22+/m0/s1. The number of amides is 1. The summed E-state index contributed by atoms with van der Waals surface area (Å²) in [7, 11) is 1.46. The maximum absolute atomic E-state index is 13.2. The lowest BCUT2D eigenvalue weighted by Gasteiger charge is -2.39. The first-order valence-electron chi connectivity index (χ1n) is 9.81. The number of likely N-dealkylation sites (N-methyl/N-ethyl adjacent to an activating group) is 1. The molecule has 0 bridgehead atoms. The first-order valence-corrected chi connectivity index (χ1v) is 10.6. The molecule has 10 heteroatoms. The number of thiophene rings is 1. The number of carbonyl (C=O) groups is 1. The second-order valence-corrected chi connectivity index (χ2v) is 8.86. The van der Waals surface area contributed by atoms with E-state index in [1.807, 2.05) is 18.2 Å². The van der Waals surface area contributed by atoms with E-state index in [4.69, 9.17) is 5.73 Å². The van der Waals surface area contributed by atoms with Crippen LogP contribution in [-0.2, 0) is 16.5 Å². The van der Waals surface area contributed by atoms with Gasteiger partial charge in [-0.1, -0.05) is 12.1 Å². The lowest BCUT2D eigenvalue weighted by molar-refractivity contribution is -0.137. The van der Waals surface area contributed by atoms with Crippen LogP contribution in [0.5, 0.6) is 0 Å². The highest BCUT2D eigenvalue weighted by atomic mass is 32.1. The van der Waals surface area contributed by atoms with Gasteiger partial charge in [0.2, 0.25) is 5.91 Å². The molecule has 168 valence electrons. The van der Waals surface area contributed by atoms with Gasteiger partial charge in [-0.2, -0.15) is 18.4 Å². The van der Waals surface area contributed by atoms with Crippen molar-refractivity contribution in [2.75, 3.05) is 7.05 Å². The third kappa shape index (κ3) is 3.96. The van der Waals surface area contributed by atoms with Gasteiger partial charge in [0.25, 0.3) is 0 Å². The Hall–Kier alpha value is -3.71. The van der Waals surface area contributed by atoms with Crippen molar-refractivity contribution in [3.05, 3.63) is 76.4 Å². The van der Waals surface area contributed by atoms with Crippen molar-refractivity contribution in [2.45, 2.75) is 24.6 Å². The quantitative estimate of drug-likeness (QED) is 0.612. The Bertz CT molecular complexity index is 1290. The molecule has 33 heavy (non-hydrogen) atoms. The predicted octanol–water partition coefficient (Wildman–Crippen LogP) is 4.49. The van der Waals surface area contributed by atoms with Gasteiger partial charge < -0.3 is 5.73 Å². The average Bonchev–Trinajstić information content (AvgIpc) is 3.29. The van der Waals surface area contributed by atoms with Crippen LogP contribution >= 0.6 is 11.3 Å². The first kappa shape index (κ1) is 22.5. The number of hydrogen-bond acceptors (Lipinski definition) is 6. The number of rotatable bonds is 3. The summed E-state index contributed by atoms with van der Waals surface area (Å²) in [6.45, 7) is 1.72. The molecule has 3 aromatic rings. The van der Waals surface area contributed by atoms with Crippen LogP contribution in [0.2, 0.25) is 0 Å². The van der Waals surface area contributed by atoms with E-state index in [-0.39, 0.29) is 11.7 Å². The van der Waals surface area contributed by atoms with Crippen molar-refractivity contribution in [2.24, 2.45) is 10.7 Å². The summed E-state index contributed by atoms with van der Waals surface area (Å²) in [4.78, 5) is 24.5. The molecule has 3 heterocycles. The second-order valence-electron chi connectivity index (χ2n) is 7.77. The molecule has 6 nitrogen and oxygen atoms in total. The molecular weight excluding hydrogens is 451 g/mol. The smallest absolute Gasteiger partial charge is 0.369 e. The van der Waals surface area contributed by atoms with Crippen LogP contribution in [0.25, 0.3) is 10.4 Å².